The van der Waals surface area contributed by atoms with Gasteiger partial charge in [-0.15, -0.1) is 0 Å². The molecule has 0 amide bonds. The van der Waals surface area contributed by atoms with Gasteiger partial charge in [0.15, 0.2) is 0 Å². The Hall–Kier alpha value is -2.17. The largest absolute Gasteiger partial charge is 0.480 e. The number of aromatic nitrogens is 2. The summed E-state index contributed by atoms with van der Waals surface area (Å²) in [4.78, 5) is 11.3. The van der Waals surface area contributed by atoms with Crippen molar-refractivity contribution in [1.29, 1.82) is 0 Å². The summed E-state index contributed by atoms with van der Waals surface area (Å²) in [6.07, 6.45) is 2.03. The van der Waals surface area contributed by atoms with Gasteiger partial charge in [0.25, 0.3) is 0 Å². The Balaban J connectivity index is 2.46. The molecule has 2 N–H and O–H groups in total. The lowest BCUT2D eigenvalue weighted by molar-refractivity contribution is -0.141. The lowest BCUT2D eigenvalue weighted by Crippen LogP contribution is -2.42. The Morgan fingerprint density at radius 3 is 2.83 bits per heavy atom. The van der Waals surface area contributed by atoms with Crippen LogP contribution in [0, 0.1) is 0 Å². The minimum Gasteiger partial charge on any atom is -0.480 e. The van der Waals surface area contributed by atoms with E-state index in [1.807, 2.05) is 31.2 Å². The van der Waals surface area contributed by atoms with Gasteiger partial charge in [-0.05, 0) is 19.4 Å². The molecule has 0 bridgehead atoms. The molecule has 1 atom stereocenters. The summed E-state index contributed by atoms with van der Waals surface area (Å²) in [7, 11) is 0. The van der Waals surface area contributed by atoms with Crippen molar-refractivity contribution in [3.63, 3.8) is 0 Å². The zero-order valence-corrected chi connectivity index (χ0v) is 10.3. The van der Waals surface area contributed by atoms with Gasteiger partial charge in [-0.2, -0.15) is 10.2 Å². The Morgan fingerprint density at radius 1 is 1.44 bits per heavy atom. The maximum Gasteiger partial charge on any atom is 0.329 e. The van der Waals surface area contributed by atoms with E-state index in [4.69, 9.17) is 0 Å². The lowest BCUT2D eigenvalue weighted by atomic mass is 9.98. The zero-order chi connectivity index (χ0) is 13.2. The van der Waals surface area contributed by atoms with Crippen molar-refractivity contribution in [3.05, 3.63) is 30.5 Å². The van der Waals surface area contributed by atoms with Crippen LogP contribution < -0.4 is 5.32 Å². The van der Waals surface area contributed by atoms with Crippen molar-refractivity contribution in [3.8, 4) is 0 Å². The minimum atomic E-state index is -1.01. The van der Waals surface area contributed by atoms with E-state index >= 15 is 0 Å². The molecule has 2 aromatic rings. The van der Waals surface area contributed by atoms with Gasteiger partial charge in [-0.25, -0.2) is 4.79 Å². The fraction of sp³-hybridized carbons (Fsp3) is 0.308. The van der Waals surface area contributed by atoms with E-state index < -0.39 is 11.5 Å². The number of nitrogens with zero attached hydrogens (tertiary/aromatic N) is 2. The van der Waals surface area contributed by atoms with E-state index in [9.17, 15) is 9.90 Å². The molecule has 2 rings (SSSR count). The monoisotopic (exact) mass is 245 g/mol. The molecule has 1 unspecified atom stereocenters. The van der Waals surface area contributed by atoms with Crippen molar-refractivity contribution in [2.45, 2.75) is 25.8 Å². The topological polar surface area (TPSA) is 75.1 Å². The molecule has 1 aromatic carbocycles. The van der Waals surface area contributed by atoms with Crippen LogP contribution in [0.25, 0.3) is 10.9 Å². The molecule has 0 saturated heterocycles. The number of rotatable bonds is 4. The third-order valence-electron chi connectivity index (χ3n) is 3.14. The molecule has 0 saturated carbocycles. The quantitative estimate of drug-likeness (QED) is 0.864. The van der Waals surface area contributed by atoms with Crippen molar-refractivity contribution in [1.82, 2.24) is 10.2 Å². The van der Waals surface area contributed by atoms with Crippen LogP contribution in [0.4, 0.5) is 5.69 Å². The lowest BCUT2D eigenvalue weighted by Gasteiger charge is -2.26. The highest BCUT2D eigenvalue weighted by molar-refractivity contribution is 5.93. The van der Waals surface area contributed by atoms with Crippen LogP contribution in [0.3, 0.4) is 0 Å². The highest BCUT2D eigenvalue weighted by Crippen LogP contribution is 2.24. The van der Waals surface area contributed by atoms with Crippen LogP contribution in [0.5, 0.6) is 0 Å². The van der Waals surface area contributed by atoms with Crippen LogP contribution in [-0.4, -0.2) is 26.8 Å². The van der Waals surface area contributed by atoms with Gasteiger partial charge in [-0.1, -0.05) is 25.1 Å². The molecule has 94 valence electrons. The number of carboxylic acids is 1. The predicted molar refractivity (Wildman–Crippen MR) is 69.5 cm³/mol. The Kier molecular flexibility index (Phi) is 3.14. The van der Waals surface area contributed by atoms with Gasteiger partial charge in [0.05, 0.1) is 17.4 Å². The maximum atomic E-state index is 11.3. The first-order valence-corrected chi connectivity index (χ1v) is 5.79. The second kappa shape index (κ2) is 4.60. The van der Waals surface area contributed by atoms with E-state index in [1.165, 1.54) is 0 Å². The number of hydrogen-bond acceptors (Lipinski definition) is 4. The fourth-order valence-electron chi connectivity index (χ4n) is 1.70. The predicted octanol–water partition coefficient (Wildman–Crippen LogP) is 2.29. The summed E-state index contributed by atoms with van der Waals surface area (Å²) >= 11 is 0. The zero-order valence-electron chi connectivity index (χ0n) is 10.3. The van der Waals surface area contributed by atoms with Gasteiger partial charge in [0, 0.05) is 5.39 Å². The number of carbonyl (C=O) groups is 1. The smallest absolute Gasteiger partial charge is 0.329 e. The first kappa shape index (κ1) is 12.3. The highest BCUT2D eigenvalue weighted by Gasteiger charge is 2.31. The van der Waals surface area contributed by atoms with Gasteiger partial charge in [0.2, 0.25) is 0 Å². The maximum absolute atomic E-state index is 11.3. The van der Waals surface area contributed by atoms with E-state index in [1.54, 1.807) is 13.1 Å². The molecule has 5 heteroatoms. The summed E-state index contributed by atoms with van der Waals surface area (Å²) in [5.74, 6) is -0.883. The number of benzene rings is 1. The van der Waals surface area contributed by atoms with Gasteiger partial charge in [-0.3, -0.25) is 0 Å². The Morgan fingerprint density at radius 2 is 2.17 bits per heavy atom. The van der Waals surface area contributed by atoms with E-state index in [0.29, 0.717) is 12.1 Å². The molecule has 0 aliphatic rings. The van der Waals surface area contributed by atoms with Crippen molar-refractivity contribution in [2.75, 3.05) is 5.32 Å². The highest BCUT2D eigenvalue weighted by atomic mass is 16.4. The first-order chi connectivity index (χ1) is 8.57. The number of nitrogens with one attached hydrogen (secondary N) is 1. The normalized spacial score (nSPS) is 14.1. The minimum absolute atomic E-state index is 0.471. The molecule has 0 radical (unpaired) electrons. The number of hydrogen-bond donors (Lipinski definition) is 2. The van der Waals surface area contributed by atoms with Crippen LogP contribution in [0.1, 0.15) is 20.3 Å². The number of carboxylic acid groups (broad SMARTS) is 1. The molecular formula is C13H15N3O2. The second-order valence-electron chi connectivity index (χ2n) is 4.39. The van der Waals surface area contributed by atoms with Crippen molar-refractivity contribution < 1.29 is 9.90 Å². The second-order valence-corrected chi connectivity index (χ2v) is 4.39. The molecule has 0 aliphatic carbocycles. The summed E-state index contributed by atoms with van der Waals surface area (Å²) in [5.41, 5.74) is 0.421. The van der Waals surface area contributed by atoms with Crippen molar-refractivity contribution >= 4 is 22.6 Å². The van der Waals surface area contributed by atoms with E-state index in [0.717, 1.165) is 10.9 Å². The SMILES string of the molecule is CCC(C)(Nc1cnnc2ccccc12)C(=O)O. The van der Waals surface area contributed by atoms with E-state index in [-0.39, 0.29) is 0 Å². The summed E-state index contributed by atoms with van der Waals surface area (Å²) in [6.45, 7) is 3.49. The molecule has 0 fully saturated rings. The molecular weight excluding hydrogens is 230 g/mol. The summed E-state index contributed by atoms with van der Waals surface area (Å²) in [6, 6.07) is 7.50. The van der Waals surface area contributed by atoms with Crippen LogP contribution in [0.2, 0.25) is 0 Å². The molecule has 1 heterocycles. The average Bonchev–Trinajstić information content (AvgIpc) is 2.39. The molecule has 0 spiro atoms. The summed E-state index contributed by atoms with van der Waals surface area (Å²) < 4.78 is 0. The van der Waals surface area contributed by atoms with E-state index in [2.05, 4.69) is 15.5 Å². The third-order valence-corrected chi connectivity index (χ3v) is 3.14. The molecule has 1 aromatic heterocycles. The number of fused-ring (bicyclic) bond motifs is 1. The average molecular weight is 245 g/mol. The first-order valence-electron chi connectivity index (χ1n) is 5.79. The molecule has 0 aliphatic heterocycles. The van der Waals surface area contributed by atoms with Gasteiger partial charge < -0.3 is 10.4 Å². The Labute approximate surface area is 105 Å². The standard InChI is InChI=1S/C13H15N3O2/c1-3-13(2,12(17)18)15-11-8-14-16-10-7-5-4-6-9(10)11/h4-8H,3H2,1-2H3,(H,15,16)(H,17,18). The van der Waals surface area contributed by atoms with Crippen LogP contribution in [0.15, 0.2) is 30.5 Å². The van der Waals surface area contributed by atoms with Gasteiger partial charge in [0.1, 0.15) is 5.54 Å². The number of anilines is 1. The third kappa shape index (κ3) is 2.11. The van der Waals surface area contributed by atoms with Crippen LogP contribution >= 0.6 is 0 Å². The number of aliphatic carboxylic acids is 1. The Bertz CT molecular complexity index is 580. The molecule has 5 nitrogen and oxygen atoms in total. The molecule has 18 heavy (non-hydrogen) atoms. The van der Waals surface area contributed by atoms with Gasteiger partial charge >= 0.3 is 5.97 Å². The van der Waals surface area contributed by atoms with Crippen LogP contribution in [-0.2, 0) is 4.79 Å². The fourth-order valence-corrected chi connectivity index (χ4v) is 1.70. The summed E-state index contributed by atoms with van der Waals surface area (Å²) in [5, 5.41) is 21.1. The van der Waals surface area contributed by atoms with Crippen molar-refractivity contribution in [2.24, 2.45) is 0 Å².